The Balaban J connectivity index is 3.30. The predicted molar refractivity (Wildman–Crippen MR) is 36.9 cm³/mol. The quantitative estimate of drug-likeness (QED) is 0.557. The zero-order chi connectivity index (χ0) is 8.27. The Hall–Kier alpha value is -1.83. The molecule has 11 heavy (non-hydrogen) atoms. The summed E-state index contributed by atoms with van der Waals surface area (Å²) in [5, 5.41) is 11.0. The number of rotatable bonds is 1. The van der Waals surface area contributed by atoms with E-state index < -0.39 is 0 Å². The number of nitroso groups, excluding NO2 is 1. The minimum absolute atomic E-state index is 0.0278. The van der Waals surface area contributed by atoms with Gasteiger partial charge in [-0.1, -0.05) is 0 Å². The largest absolute Gasteiger partial charge is 0.237 e. The molecule has 0 aliphatic heterocycles. The Labute approximate surface area is 62.7 Å². The third-order valence-electron chi connectivity index (χ3n) is 1.07. The Bertz CT molecular complexity index is 328. The van der Waals surface area contributed by atoms with Gasteiger partial charge in [-0.3, -0.25) is 0 Å². The lowest BCUT2D eigenvalue weighted by atomic mass is 10.4. The summed E-state index contributed by atoms with van der Waals surface area (Å²) >= 11 is 0. The van der Waals surface area contributed by atoms with Gasteiger partial charge < -0.3 is 0 Å². The normalized spacial score (nSPS) is 8.73. The molecule has 0 unspecified atom stereocenters. The third kappa shape index (κ3) is 1.35. The topological polar surface area (TPSA) is 79.0 Å². The average Bonchev–Trinajstić information content (AvgIpc) is 2.04. The lowest BCUT2D eigenvalue weighted by molar-refractivity contribution is 1.08. The zero-order valence-corrected chi connectivity index (χ0v) is 5.77. The molecule has 1 aromatic heterocycles. The maximum Gasteiger partial charge on any atom is 0.233 e. The summed E-state index contributed by atoms with van der Waals surface area (Å²) in [5.41, 5.74) is 0.564. The first-order chi connectivity index (χ1) is 5.27. The fraction of sp³-hybridized carbons (Fsp3) is 0.167. The summed E-state index contributed by atoms with van der Waals surface area (Å²) in [7, 11) is 0. The lowest BCUT2D eigenvalue weighted by Gasteiger charge is -1.92. The van der Waals surface area contributed by atoms with Crippen molar-refractivity contribution < 1.29 is 0 Å². The smallest absolute Gasteiger partial charge is 0.233 e. The van der Waals surface area contributed by atoms with E-state index >= 15 is 0 Å². The van der Waals surface area contributed by atoms with Crippen molar-refractivity contribution in [3.8, 4) is 6.07 Å². The summed E-state index contributed by atoms with van der Waals surface area (Å²) in [4.78, 5) is 17.3. The number of hydrogen-bond acceptors (Lipinski definition) is 5. The molecular weight excluding hydrogens is 144 g/mol. The first-order valence-electron chi connectivity index (χ1n) is 2.85. The number of nitrogens with zero attached hydrogens (tertiary/aromatic N) is 4. The van der Waals surface area contributed by atoms with E-state index in [0.717, 1.165) is 0 Å². The molecule has 54 valence electrons. The maximum absolute atomic E-state index is 9.99. The van der Waals surface area contributed by atoms with Gasteiger partial charge in [0.25, 0.3) is 0 Å². The minimum atomic E-state index is -0.155. The van der Waals surface area contributed by atoms with Crippen LogP contribution in [0, 0.1) is 23.2 Å². The van der Waals surface area contributed by atoms with Gasteiger partial charge in [0, 0.05) is 0 Å². The van der Waals surface area contributed by atoms with Crippen LogP contribution in [0.15, 0.2) is 11.4 Å². The van der Waals surface area contributed by atoms with Crippen molar-refractivity contribution in [2.75, 3.05) is 0 Å². The van der Waals surface area contributed by atoms with Gasteiger partial charge in [0.05, 0.1) is 11.9 Å². The second-order valence-corrected chi connectivity index (χ2v) is 1.89. The SMILES string of the molecule is Cc1cnc(N=O)c(C#N)n1. The van der Waals surface area contributed by atoms with Crippen LogP contribution in [-0.2, 0) is 0 Å². The number of hydrogen-bond donors (Lipinski definition) is 0. The first kappa shape index (κ1) is 7.28. The minimum Gasteiger partial charge on any atom is -0.237 e. The molecule has 5 heteroatoms. The fourth-order valence-corrected chi connectivity index (χ4v) is 0.613. The average molecular weight is 148 g/mol. The molecule has 0 saturated heterocycles. The Morgan fingerprint density at radius 3 is 3.00 bits per heavy atom. The molecular formula is C6H4N4O. The molecule has 0 bridgehead atoms. The number of aryl methyl sites for hydroxylation is 1. The highest BCUT2D eigenvalue weighted by atomic mass is 16.3. The molecule has 0 N–H and O–H groups in total. The van der Waals surface area contributed by atoms with Crippen molar-refractivity contribution in [3.63, 3.8) is 0 Å². The van der Waals surface area contributed by atoms with Crippen LogP contribution in [0.2, 0.25) is 0 Å². The molecule has 1 heterocycles. The lowest BCUT2D eigenvalue weighted by Crippen LogP contribution is -1.89. The highest BCUT2D eigenvalue weighted by Crippen LogP contribution is 2.10. The van der Waals surface area contributed by atoms with Gasteiger partial charge >= 0.3 is 0 Å². The van der Waals surface area contributed by atoms with E-state index in [-0.39, 0.29) is 11.5 Å². The van der Waals surface area contributed by atoms with Crippen LogP contribution < -0.4 is 0 Å². The molecule has 0 aliphatic carbocycles. The van der Waals surface area contributed by atoms with Crippen LogP contribution in [0.25, 0.3) is 0 Å². The molecule has 0 aromatic carbocycles. The Kier molecular flexibility index (Phi) is 1.88. The van der Waals surface area contributed by atoms with Crippen LogP contribution in [0.3, 0.4) is 0 Å². The third-order valence-corrected chi connectivity index (χ3v) is 1.07. The van der Waals surface area contributed by atoms with E-state index in [2.05, 4.69) is 15.1 Å². The summed E-state index contributed by atoms with van der Waals surface area (Å²) in [6, 6.07) is 1.72. The van der Waals surface area contributed by atoms with E-state index in [4.69, 9.17) is 5.26 Å². The molecule has 0 fully saturated rings. The Morgan fingerprint density at radius 1 is 1.73 bits per heavy atom. The van der Waals surface area contributed by atoms with Crippen LogP contribution in [0.1, 0.15) is 11.4 Å². The monoisotopic (exact) mass is 148 g/mol. The zero-order valence-electron chi connectivity index (χ0n) is 5.77. The molecule has 1 aromatic rings. The first-order valence-corrected chi connectivity index (χ1v) is 2.85. The van der Waals surface area contributed by atoms with Gasteiger partial charge in [-0.05, 0) is 12.1 Å². The Morgan fingerprint density at radius 2 is 2.45 bits per heavy atom. The molecule has 1 rings (SSSR count). The van der Waals surface area contributed by atoms with Crippen molar-refractivity contribution in [1.29, 1.82) is 5.26 Å². The summed E-state index contributed by atoms with van der Waals surface area (Å²) in [6.45, 7) is 1.68. The van der Waals surface area contributed by atoms with Gasteiger partial charge in [0.1, 0.15) is 6.07 Å². The van der Waals surface area contributed by atoms with Gasteiger partial charge in [0.15, 0.2) is 5.69 Å². The summed E-state index contributed by atoms with van der Waals surface area (Å²) in [6.07, 6.45) is 1.39. The van der Waals surface area contributed by atoms with Crippen LogP contribution >= 0.6 is 0 Å². The maximum atomic E-state index is 9.99. The fourth-order valence-electron chi connectivity index (χ4n) is 0.613. The van der Waals surface area contributed by atoms with E-state index in [1.54, 1.807) is 13.0 Å². The second-order valence-electron chi connectivity index (χ2n) is 1.89. The molecule has 0 radical (unpaired) electrons. The summed E-state index contributed by atoms with van der Waals surface area (Å²) in [5.74, 6) is -0.155. The molecule has 5 nitrogen and oxygen atoms in total. The summed E-state index contributed by atoms with van der Waals surface area (Å²) < 4.78 is 0. The van der Waals surface area contributed by atoms with Gasteiger partial charge in [-0.15, -0.1) is 4.91 Å². The van der Waals surface area contributed by atoms with Crippen LogP contribution in [0.4, 0.5) is 5.82 Å². The highest BCUT2D eigenvalue weighted by Gasteiger charge is 2.04. The number of aromatic nitrogens is 2. The van der Waals surface area contributed by atoms with E-state index in [0.29, 0.717) is 5.69 Å². The van der Waals surface area contributed by atoms with Crippen molar-refractivity contribution in [3.05, 3.63) is 22.5 Å². The predicted octanol–water partition coefficient (Wildman–Crippen LogP) is 1.05. The van der Waals surface area contributed by atoms with Crippen molar-refractivity contribution >= 4 is 5.82 Å². The molecule has 0 aliphatic rings. The molecule has 0 spiro atoms. The van der Waals surface area contributed by atoms with E-state index in [1.165, 1.54) is 6.20 Å². The van der Waals surface area contributed by atoms with Crippen molar-refractivity contribution in [2.45, 2.75) is 6.92 Å². The van der Waals surface area contributed by atoms with Gasteiger partial charge in [-0.2, -0.15) is 5.26 Å². The van der Waals surface area contributed by atoms with Crippen LogP contribution in [-0.4, -0.2) is 9.97 Å². The molecule has 0 atom stereocenters. The van der Waals surface area contributed by atoms with E-state index in [9.17, 15) is 4.91 Å². The van der Waals surface area contributed by atoms with Gasteiger partial charge in [0.2, 0.25) is 5.82 Å². The van der Waals surface area contributed by atoms with Crippen LogP contribution in [0.5, 0.6) is 0 Å². The number of nitriles is 1. The van der Waals surface area contributed by atoms with Gasteiger partial charge in [-0.25, -0.2) is 9.97 Å². The van der Waals surface area contributed by atoms with Crippen molar-refractivity contribution in [2.24, 2.45) is 5.18 Å². The molecule has 0 amide bonds. The standard InChI is InChI=1S/C6H4N4O/c1-4-3-8-6(10-11)5(2-7)9-4/h3H,1H3. The molecule has 0 saturated carbocycles. The van der Waals surface area contributed by atoms with Crippen molar-refractivity contribution in [1.82, 2.24) is 9.97 Å². The second kappa shape index (κ2) is 2.84. The highest BCUT2D eigenvalue weighted by molar-refractivity contribution is 5.41. The van der Waals surface area contributed by atoms with E-state index in [1.807, 2.05) is 0 Å².